The summed E-state index contributed by atoms with van der Waals surface area (Å²) in [6.07, 6.45) is 0.329. The number of benzene rings is 1. The zero-order chi connectivity index (χ0) is 16.0. The lowest BCUT2D eigenvalue weighted by Gasteiger charge is -2.10. The van der Waals surface area contributed by atoms with Crippen LogP contribution in [0.25, 0.3) is 0 Å². The van der Waals surface area contributed by atoms with Gasteiger partial charge in [0.15, 0.2) is 23.3 Å². The van der Waals surface area contributed by atoms with Crippen molar-refractivity contribution in [2.75, 3.05) is 18.9 Å². The Kier molecular flexibility index (Phi) is 6.50. The molecular formula is C12H12F4N2O2S. The lowest BCUT2D eigenvalue weighted by atomic mass is 10.1. The van der Waals surface area contributed by atoms with Crippen LogP contribution in [0.5, 0.6) is 0 Å². The van der Waals surface area contributed by atoms with Crippen LogP contribution < -0.4 is 11.1 Å². The van der Waals surface area contributed by atoms with Gasteiger partial charge in [-0.1, -0.05) is 6.58 Å². The summed E-state index contributed by atoms with van der Waals surface area (Å²) in [5.74, 6) is -8.54. The monoisotopic (exact) mass is 324 g/mol. The number of carbonyl (C=O) groups excluding carboxylic acids is 1. The molecule has 0 fully saturated rings. The number of hydrogen-bond acceptors (Lipinski definition) is 4. The molecule has 0 aliphatic carbocycles. The summed E-state index contributed by atoms with van der Waals surface area (Å²) in [7, 11) is 0. The van der Waals surface area contributed by atoms with Crippen molar-refractivity contribution >= 4 is 23.6 Å². The zero-order valence-corrected chi connectivity index (χ0v) is 11.5. The van der Waals surface area contributed by atoms with Crippen LogP contribution in [0.3, 0.4) is 0 Å². The molecule has 0 bridgehead atoms. The van der Waals surface area contributed by atoms with E-state index in [1.54, 1.807) is 0 Å². The Hall–Kier alpha value is -1.74. The molecule has 1 aromatic rings. The van der Waals surface area contributed by atoms with Crippen LogP contribution in [0.15, 0.2) is 12.0 Å². The van der Waals surface area contributed by atoms with Crippen molar-refractivity contribution in [1.29, 1.82) is 0 Å². The second-order valence-electron chi connectivity index (χ2n) is 3.74. The minimum atomic E-state index is -1.83. The molecule has 0 radical (unpaired) electrons. The van der Waals surface area contributed by atoms with E-state index in [1.807, 2.05) is 0 Å². The number of nitrogens with one attached hydrogen (secondary N) is 1. The summed E-state index contributed by atoms with van der Waals surface area (Å²) in [5.41, 5.74) is 2.18. The van der Waals surface area contributed by atoms with Crippen LogP contribution >= 0.6 is 12.0 Å². The maximum atomic E-state index is 13.5. The van der Waals surface area contributed by atoms with E-state index in [9.17, 15) is 22.4 Å². The highest BCUT2D eigenvalue weighted by Crippen LogP contribution is 2.25. The van der Waals surface area contributed by atoms with Gasteiger partial charge in [-0.3, -0.25) is 4.79 Å². The van der Waals surface area contributed by atoms with Crippen molar-refractivity contribution in [2.45, 2.75) is 6.42 Å². The Balaban J connectivity index is 2.73. The summed E-state index contributed by atoms with van der Waals surface area (Å²) in [6, 6.07) is 0. The van der Waals surface area contributed by atoms with Gasteiger partial charge in [-0.15, -0.1) is 0 Å². The lowest BCUT2D eigenvalue weighted by Crippen LogP contribution is -2.28. The van der Waals surface area contributed by atoms with E-state index in [-0.39, 0.29) is 13.2 Å². The van der Waals surface area contributed by atoms with Crippen molar-refractivity contribution in [3.63, 3.8) is 0 Å². The number of hydrogen-bond donors (Lipinski definition) is 2. The van der Waals surface area contributed by atoms with E-state index in [0.29, 0.717) is 6.42 Å². The van der Waals surface area contributed by atoms with Crippen LogP contribution in [0, 0.1) is 23.3 Å². The molecule has 1 rings (SSSR count). The third kappa shape index (κ3) is 4.11. The SMILES string of the molecule is C=CSOCCCNC(=O)c1c(F)c(F)c(N)c(F)c1F. The second kappa shape index (κ2) is 7.89. The maximum absolute atomic E-state index is 13.5. The molecular weight excluding hydrogens is 312 g/mol. The minimum Gasteiger partial charge on any atom is -0.394 e. The molecule has 116 valence electrons. The van der Waals surface area contributed by atoms with Crippen LogP contribution in [0.1, 0.15) is 16.8 Å². The van der Waals surface area contributed by atoms with E-state index in [4.69, 9.17) is 9.92 Å². The fourth-order valence-corrected chi connectivity index (χ4v) is 1.68. The highest BCUT2D eigenvalue weighted by atomic mass is 32.2. The van der Waals surface area contributed by atoms with Crippen LogP contribution in [0.2, 0.25) is 0 Å². The van der Waals surface area contributed by atoms with Gasteiger partial charge in [-0.2, -0.15) is 0 Å². The molecule has 0 aliphatic rings. The number of anilines is 1. The first-order valence-corrected chi connectivity index (χ1v) is 6.51. The summed E-state index contributed by atoms with van der Waals surface area (Å²) < 4.78 is 58.3. The Morgan fingerprint density at radius 1 is 1.24 bits per heavy atom. The molecule has 4 nitrogen and oxygen atoms in total. The van der Waals surface area contributed by atoms with Gasteiger partial charge in [0.2, 0.25) is 0 Å². The standard InChI is InChI=1S/C12H12F4N2O2S/c1-2-21-20-5-3-4-18-12(19)6-7(13)9(15)11(17)10(16)8(6)14/h2H,1,3-5,17H2,(H,18,19). The Bertz CT molecular complexity index is 526. The third-order valence-corrected chi connectivity index (χ3v) is 2.79. The van der Waals surface area contributed by atoms with Crippen molar-refractivity contribution in [3.05, 3.63) is 40.8 Å². The minimum absolute atomic E-state index is 0.00301. The predicted molar refractivity (Wildman–Crippen MR) is 71.4 cm³/mol. The maximum Gasteiger partial charge on any atom is 0.257 e. The molecule has 1 amide bonds. The summed E-state index contributed by atoms with van der Waals surface area (Å²) in [6.45, 7) is 3.64. The van der Waals surface area contributed by atoms with Gasteiger partial charge < -0.3 is 15.2 Å². The molecule has 0 spiro atoms. The molecule has 3 N–H and O–H groups in total. The van der Waals surface area contributed by atoms with E-state index in [0.717, 1.165) is 12.0 Å². The normalized spacial score (nSPS) is 10.5. The number of rotatable bonds is 7. The molecule has 0 saturated heterocycles. The smallest absolute Gasteiger partial charge is 0.257 e. The molecule has 21 heavy (non-hydrogen) atoms. The van der Waals surface area contributed by atoms with Crippen LogP contribution in [-0.4, -0.2) is 19.1 Å². The number of nitrogen functional groups attached to an aromatic ring is 1. The second-order valence-corrected chi connectivity index (χ2v) is 4.50. The first-order valence-electron chi connectivity index (χ1n) is 5.70. The Morgan fingerprint density at radius 3 is 2.33 bits per heavy atom. The van der Waals surface area contributed by atoms with Crippen molar-refractivity contribution in [2.24, 2.45) is 0 Å². The van der Waals surface area contributed by atoms with E-state index in [2.05, 4.69) is 11.9 Å². The molecule has 0 heterocycles. The van der Waals surface area contributed by atoms with Gasteiger partial charge in [0.05, 0.1) is 6.61 Å². The number of carbonyl (C=O) groups is 1. The molecule has 0 atom stereocenters. The third-order valence-electron chi connectivity index (χ3n) is 2.35. The lowest BCUT2D eigenvalue weighted by molar-refractivity contribution is 0.0941. The molecule has 0 aliphatic heterocycles. The molecule has 0 unspecified atom stereocenters. The predicted octanol–water partition coefficient (Wildman–Crippen LogP) is 2.75. The Labute approximate surface area is 122 Å². The van der Waals surface area contributed by atoms with Gasteiger partial charge >= 0.3 is 0 Å². The zero-order valence-electron chi connectivity index (χ0n) is 10.7. The first kappa shape index (κ1) is 17.3. The fraction of sp³-hybridized carbons (Fsp3) is 0.250. The largest absolute Gasteiger partial charge is 0.394 e. The van der Waals surface area contributed by atoms with E-state index < -0.39 is 40.4 Å². The fourth-order valence-electron chi connectivity index (χ4n) is 1.37. The average Bonchev–Trinajstić information content (AvgIpc) is 2.47. The Morgan fingerprint density at radius 2 is 1.81 bits per heavy atom. The van der Waals surface area contributed by atoms with E-state index in [1.165, 1.54) is 5.41 Å². The number of halogens is 4. The molecule has 9 heteroatoms. The highest BCUT2D eigenvalue weighted by molar-refractivity contribution is 7.97. The molecule has 1 aromatic carbocycles. The molecule has 0 saturated carbocycles. The average molecular weight is 324 g/mol. The van der Waals surface area contributed by atoms with Gasteiger partial charge in [0.1, 0.15) is 11.3 Å². The van der Waals surface area contributed by atoms with Gasteiger partial charge in [0.25, 0.3) is 5.91 Å². The quantitative estimate of drug-likeness (QED) is 0.266. The number of amides is 1. The van der Waals surface area contributed by atoms with E-state index >= 15 is 0 Å². The summed E-state index contributed by atoms with van der Waals surface area (Å²) in [5, 5.41) is 3.57. The van der Waals surface area contributed by atoms with Crippen LogP contribution in [0.4, 0.5) is 23.2 Å². The van der Waals surface area contributed by atoms with Gasteiger partial charge in [-0.05, 0) is 11.8 Å². The number of nitrogens with two attached hydrogens (primary N) is 1. The van der Waals surface area contributed by atoms with Crippen molar-refractivity contribution < 1.29 is 26.5 Å². The topological polar surface area (TPSA) is 64.3 Å². The summed E-state index contributed by atoms with van der Waals surface area (Å²) >= 11 is 0.992. The molecule has 0 aromatic heterocycles. The van der Waals surface area contributed by atoms with Gasteiger partial charge in [0, 0.05) is 18.6 Å². The first-order chi connectivity index (χ1) is 9.91. The van der Waals surface area contributed by atoms with Crippen molar-refractivity contribution in [3.8, 4) is 0 Å². The van der Waals surface area contributed by atoms with Gasteiger partial charge in [-0.25, -0.2) is 17.6 Å². The van der Waals surface area contributed by atoms with Crippen LogP contribution in [-0.2, 0) is 4.18 Å². The summed E-state index contributed by atoms with van der Waals surface area (Å²) in [4.78, 5) is 11.6. The van der Waals surface area contributed by atoms with Crippen molar-refractivity contribution in [1.82, 2.24) is 5.32 Å². The highest BCUT2D eigenvalue weighted by Gasteiger charge is 2.27.